The summed E-state index contributed by atoms with van der Waals surface area (Å²) < 4.78 is 9.73. The number of ether oxygens (including phenoxy) is 2. The van der Waals surface area contributed by atoms with Crippen LogP contribution in [0.3, 0.4) is 0 Å². The molecular weight excluding hydrogens is 320 g/mol. The largest absolute Gasteiger partial charge is 0.466 e. The van der Waals surface area contributed by atoms with E-state index in [9.17, 15) is 9.59 Å². The van der Waals surface area contributed by atoms with E-state index in [0.29, 0.717) is 0 Å². The van der Waals surface area contributed by atoms with Crippen molar-refractivity contribution < 1.29 is 19.1 Å². The summed E-state index contributed by atoms with van der Waals surface area (Å²) in [5, 5.41) is 8.42. The molecule has 0 saturated carbocycles. The van der Waals surface area contributed by atoms with Crippen molar-refractivity contribution in [3.63, 3.8) is 0 Å². The molecule has 1 aliphatic heterocycles. The van der Waals surface area contributed by atoms with Crippen LogP contribution in [0.2, 0.25) is 0 Å². The molecule has 6 heteroatoms. The minimum absolute atomic E-state index is 0.0826. The number of carbonyl (C=O) groups is 2. The first kappa shape index (κ1) is 15.3. The Hall–Kier alpha value is -3.28. The third kappa shape index (κ3) is 1.85. The molecule has 4 rings (SSSR count). The van der Waals surface area contributed by atoms with E-state index in [1.165, 1.54) is 14.2 Å². The lowest BCUT2D eigenvalue weighted by Gasteiger charge is -2.24. The van der Waals surface area contributed by atoms with Crippen LogP contribution in [0.1, 0.15) is 11.1 Å². The number of hydrogen-bond donors (Lipinski definition) is 0. The van der Waals surface area contributed by atoms with Gasteiger partial charge in [0.15, 0.2) is 11.2 Å². The Labute approximate surface area is 143 Å². The van der Waals surface area contributed by atoms with E-state index in [4.69, 9.17) is 9.47 Å². The molecule has 6 nitrogen and oxygen atoms in total. The van der Waals surface area contributed by atoms with Crippen molar-refractivity contribution in [2.24, 2.45) is 10.2 Å². The van der Waals surface area contributed by atoms with Crippen molar-refractivity contribution in [3.05, 3.63) is 70.9 Å². The van der Waals surface area contributed by atoms with Gasteiger partial charge in [-0.3, -0.25) is 0 Å². The van der Waals surface area contributed by atoms with Crippen LogP contribution in [0.15, 0.2) is 70.0 Å². The summed E-state index contributed by atoms with van der Waals surface area (Å²) in [7, 11) is 2.50. The van der Waals surface area contributed by atoms with Gasteiger partial charge < -0.3 is 9.47 Å². The number of fused-ring (bicyclic) bond motifs is 5. The number of rotatable bonds is 2. The summed E-state index contributed by atoms with van der Waals surface area (Å²) in [4.78, 5) is 24.8. The predicted octanol–water partition coefficient (Wildman–Crippen LogP) is 2.98. The summed E-state index contributed by atoms with van der Waals surface area (Å²) in [6, 6.07) is 15.3. The lowest BCUT2D eigenvalue weighted by atomic mass is 9.80. The van der Waals surface area contributed by atoms with Gasteiger partial charge in [0.2, 0.25) is 0 Å². The molecule has 2 aromatic carbocycles. The Morgan fingerprint density at radius 3 is 1.88 bits per heavy atom. The van der Waals surface area contributed by atoms with Gasteiger partial charge in [-0.1, -0.05) is 48.5 Å². The second-order valence-corrected chi connectivity index (χ2v) is 5.71. The fourth-order valence-corrected chi connectivity index (χ4v) is 3.57. The Morgan fingerprint density at radius 2 is 1.36 bits per heavy atom. The van der Waals surface area contributed by atoms with Gasteiger partial charge in [0.05, 0.1) is 14.2 Å². The van der Waals surface area contributed by atoms with E-state index in [1.807, 2.05) is 48.5 Å². The van der Waals surface area contributed by atoms with Gasteiger partial charge >= 0.3 is 11.9 Å². The molecule has 124 valence electrons. The Morgan fingerprint density at radius 1 is 0.840 bits per heavy atom. The number of benzene rings is 2. The lowest BCUT2D eigenvalue weighted by molar-refractivity contribution is -0.139. The highest BCUT2D eigenvalue weighted by Gasteiger charge is 2.54. The van der Waals surface area contributed by atoms with Crippen molar-refractivity contribution >= 4 is 11.9 Å². The van der Waals surface area contributed by atoms with Crippen LogP contribution in [0, 0.1) is 0 Å². The second-order valence-electron chi connectivity index (χ2n) is 5.71. The molecule has 0 aromatic heterocycles. The number of methoxy groups -OCH3 is 2. The maximum absolute atomic E-state index is 12.6. The fraction of sp³-hybridized carbons (Fsp3) is 0.158. The van der Waals surface area contributed by atoms with Crippen LogP contribution < -0.4 is 0 Å². The smallest absolute Gasteiger partial charge is 0.359 e. The highest BCUT2D eigenvalue weighted by Crippen LogP contribution is 2.56. The normalized spacial score (nSPS) is 15.9. The molecular formula is C19H14N2O4. The van der Waals surface area contributed by atoms with Crippen LogP contribution in [-0.4, -0.2) is 26.2 Å². The Kier molecular flexibility index (Phi) is 3.28. The summed E-state index contributed by atoms with van der Waals surface area (Å²) in [6.45, 7) is 0. The Bertz CT molecular complexity index is 929. The van der Waals surface area contributed by atoms with E-state index in [2.05, 4.69) is 10.2 Å². The Balaban J connectivity index is 2.10. The summed E-state index contributed by atoms with van der Waals surface area (Å²) in [6.07, 6.45) is 0. The number of esters is 2. The molecule has 0 fully saturated rings. The van der Waals surface area contributed by atoms with Crippen molar-refractivity contribution in [2.75, 3.05) is 14.2 Å². The first-order chi connectivity index (χ1) is 12.1. The van der Waals surface area contributed by atoms with Crippen LogP contribution >= 0.6 is 0 Å². The molecule has 0 amide bonds. The first-order valence-corrected chi connectivity index (χ1v) is 7.68. The molecule has 1 aliphatic carbocycles. The molecule has 0 radical (unpaired) electrons. The monoisotopic (exact) mass is 334 g/mol. The molecule has 0 N–H and O–H groups in total. The average Bonchev–Trinajstić information content (AvgIpc) is 3.20. The van der Waals surface area contributed by atoms with Crippen molar-refractivity contribution in [1.29, 1.82) is 0 Å². The van der Waals surface area contributed by atoms with E-state index < -0.39 is 17.5 Å². The summed E-state index contributed by atoms with van der Waals surface area (Å²) in [5.41, 5.74) is 2.25. The zero-order chi connectivity index (χ0) is 17.6. The minimum atomic E-state index is -1.19. The highest BCUT2D eigenvalue weighted by atomic mass is 16.5. The molecule has 1 heterocycles. The topological polar surface area (TPSA) is 77.3 Å². The van der Waals surface area contributed by atoms with Gasteiger partial charge in [0.1, 0.15) is 5.57 Å². The summed E-state index contributed by atoms with van der Waals surface area (Å²) in [5.74, 6) is -1.38. The molecule has 25 heavy (non-hydrogen) atoms. The second kappa shape index (κ2) is 5.37. The van der Waals surface area contributed by atoms with Crippen LogP contribution in [0.5, 0.6) is 0 Å². The van der Waals surface area contributed by atoms with Crippen molar-refractivity contribution in [3.8, 4) is 11.1 Å². The van der Waals surface area contributed by atoms with Crippen LogP contribution in [0.25, 0.3) is 11.1 Å². The van der Waals surface area contributed by atoms with Crippen LogP contribution in [-0.2, 0) is 24.6 Å². The van der Waals surface area contributed by atoms with Gasteiger partial charge in [0, 0.05) is 0 Å². The average molecular weight is 334 g/mol. The van der Waals surface area contributed by atoms with Gasteiger partial charge in [-0.15, -0.1) is 5.11 Å². The SMILES string of the molecule is COC(=O)C1=C(C(=O)OC)C2(N=N1)c1ccccc1-c1ccccc12. The quantitative estimate of drug-likeness (QED) is 0.791. The molecule has 1 spiro atoms. The van der Waals surface area contributed by atoms with E-state index >= 15 is 0 Å². The number of nitrogens with zero attached hydrogens (tertiary/aromatic N) is 2. The number of carbonyl (C=O) groups excluding carboxylic acids is 2. The van der Waals surface area contributed by atoms with Gasteiger partial charge in [0.25, 0.3) is 0 Å². The predicted molar refractivity (Wildman–Crippen MR) is 88.6 cm³/mol. The maximum Gasteiger partial charge on any atom is 0.359 e. The van der Waals surface area contributed by atoms with Crippen molar-refractivity contribution in [1.82, 2.24) is 0 Å². The van der Waals surface area contributed by atoms with Crippen LogP contribution in [0.4, 0.5) is 0 Å². The van der Waals surface area contributed by atoms with Gasteiger partial charge in [-0.05, 0) is 22.3 Å². The zero-order valence-electron chi connectivity index (χ0n) is 13.6. The summed E-state index contributed by atoms with van der Waals surface area (Å²) >= 11 is 0. The van der Waals surface area contributed by atoms with E-state index in [0.717, 1.165) is 22.3 Å². The zero-order valence-corrected chi connectivity index (χ0v) is 13.6. The third-order valence-electron chi connectivity index (χ3n) is 4.59. The third-order valence-corrected chi connectivity index (χ3v) is 4.59. The van der Waals surface area contributed by atoms with E-state index in [-0.39, 0.29) is 11.3 Å². The highest BCUT2D eigenvalue weighted by molar-refractivity contribution is 6.05. The van der Waals surface area contributed by atoms with Gasteiger partial charge in [-0.2, -0.15) is 5.11 Å². The first-order valence-electron chi connectivity index (χ1n) is 7.68. The maximum atomic E-state index is 12.6. The number of azo groups is 1. The molecule has 0 unspecified atom stereocenters. The molecule has 2 aromatic rings. The van der Waals surface area contributed by atoms with Gasteiger partial charge in [-0.25, -0.2) is 9.59 Å². The van der Waals surface area contributed by atoms with Crippen molar-refractivity contribution in [2.45, 2.75) is 5.54 Å². The minimum Gasteiger partial charge on any atom is -0.466 e. The standard InChI is InChI=1S/C19H14N2O4/c1-24-17(22)15-16(18(23)25-2)20-21-19(15)13-9-5-3-7-11(13)12-8-4-6-10-14(12)19/h3-10H,1-2H3. The molecule has 2 aliphatic rings. The molecule has 0 saturated heterocycles. The van der Waals surface area contributed by atoms with E-state index in [1.54, 1.807) is 0 Å². The fourth-order valence-electron chi connectivity index (χ4n) is 3.57. The molecule has 0 atom stereocenters. The molecule has 0 bridgehead atoms. The lowest BCUT2D eigenvalue weighted by Crippen LogP contribution is -2.30. The number of hydrogen-bond acceptors (Lipinski definition) is 6.